The predicted octanol–water partition coefficient (Wildman–Crippen LogP) is 4.41. The van der Waals surface area contributed by atoms with Crippen LogP contribution in [-0.2, 0) is 16.6 Å². The Hall–Kier alpha value is -3.25. The molecule has 0 spiro atoms. The second kappa shape index (κ2) is 7.91. The molecule has 8 heteroatoms. The lowest BCUT2D eigenvalue weighted by Gasteiger charge is -2.42. The quantitative estimate of drug-likeness (QED) is 0.429. The van der Waals surface area contributed by atoms with E-state index in [1.54, 1.807) is 29.5 Å². The van der Waals surface area contributed by atoms with Crippen molar-refractivity contribution in [2.75, 3.05) is 13.1 Å². The highest BCUT2D eigenvalue weighted by Crippen LogP contribution is 2.43. The first-order valence-corrected chi connectivity index (χ1v) is 13.4. The van der Waals surface area contributed by atoms with Crippen molar-refractivity contribution in [3.05, 3.63) is 88.3 Å². The van der Waals surface area contributed by atoms with E-state index in [2.05, 4.69) is 18.2 Å². The molecule has 0 N–H and O–H groups in total. The van der Waals surface area contributed by atoms with E-state index in [0.717, 1.165) is 27.9 Å². The molecular weight excluding hydrogens is 466 g/mol. The van der Waals surface area contributed by atoms with Crippen LogP contribution in [0.25, 0.3) is 20.5 Å². The van der Waals surface area contributed by atoms with Crippen molar-refractivity contribution in [3.8, 4) is 16.5 Å². The third-order valence-electron chi connectivity index (χ3n) is 6.87. The molecule has 2 aliphatic rings. The normalized spacial score (nSPS) is 20.1. The molecule has 1 saturated heterocycles. The third kappa shape index (κ3) is 3.31. The number of benzene rings is 2. The second-order valence-electron chi connectivity index (χ2n) is 8.96. The first-order valence-electron chi connectivity index (χ1n) is 11.2. The number of rotatable bonds is 3. The van der Waals surface area contributed by atoms with Gasteiger partial charge in [-0.2, -0.15) is 9.57 Å². The van der Waals surface area contributed by atoms with Crippen LogP contribution in [0.2, 0.25) is 0 Å². The molecule has 0 unspecified atom stereocenters. The van der Waals surface area contributed by atoms with E-state index in [1.807, 2.05) is 28.8 Å². The van der Waals surface area contributed by atoms with Gasteiger partial charge in [-0.15, -0.1) is 11.3 Å². The number of pyridine rings is 1. The van der Waals surface area contributed by atoms with Gasteiger partial charge in [0, 0.05) is 52.5 Å². The lowest BCUT2D eigenvalue weighted by atomic mass is 9.82. The molecule has 6 nitrogen and oxygen atoms in total. The Bertz CT molecular complexity index is 1610. The molecule has 0 aliphatic carbocycles. The van der Waals surface area contributed by atoms with Crippen molar-refractivity contribution < 1.29 is 8.42 Å². The van der Waals surface area contributed by atoms with Crippen LogP contribution < -0.4 is 5.56 Å². The summed E-state index contributed by atoms with van der Waals surface area (Å²) < 4.78 is 31.7. The van der Waals surface area contributed by atoms with Crippen molar-refractivity contribution in [1.29, 1.82) is 5.26 Å². The van der Waals surface area contributed by atoms with Gasteiger partial charge in [0.1, 0.15) is 6.07 Å². The molecule has 1 fully saturated rings. The predicted molar refractivity (Wildman–Crippen MR) is 132 cm³/mol. The van der Waals surface area contributed by atoms with Crippen LogP contribution in [0.15, 0.2) is 76.4 Å². The highest BCUT2D eigenvalue weighted by Gasteiger charge is 2.41. The summed E-state index contributed by atoms with van der Waals surface area (Å²) >= 11 is 1.69. The summed E-state index contributed by atoms with van der Waals surface area (Å²) in [7, 11) is -3.83. The van der Waals surface area contributed by atoms with Gasteiger partial charge in [-0.1, -0.05) is 30.3 Å². The Morgan fingerprint density at radius 3 is 2.59 bits per heavy atom. The molecule has 4 aromatic rings. The zero-order valence-electron chi connectivity index (χ0n) is 18.2. The molecule has 4 heterocycles. The maximum Gasteiger partial charge on any atom is 0.250 e. The number of piperidine rings is 1. The average Bonchev–Trinajstić information content (AvgIpc) is 3.28. The molecule has 2 atom stereocenters. The van der Waals surface area contributed by atoms with Crippen LogP contribution in [0.5, 0.6) is 0 Å². The first kappa shape index (κ1) is 21.3. The van der Waals surface area contributed by atoms with Crippen LogP contribution in [0.1, 0.15) is 23.6 Å². The highest BCUT2D eigenvalue weighted by molar-refractivity contribution is 7.89. The van der Waals surface area contributed by atoms with Gasteiger partial charge in [0.2, 0.25) is 10.0 Å². The Balaban J connectivity index is 1.45. The minimum atomic E-state index is -3.83. The molecular formula is C26H21N3O3S2. The minimum absolute atomic E-state index is 0.0410. The van der Waals surface area contributed by atoms with Gasteiger partial charge in [0.05, 0.1) is 10.5 Å². The number of hydrogen-bond donors (Lipinski definition) is 0. The Kier molecular flexibility index (Phi) is 4.96. The van der Waals surface area contributed by atoms with Gasteiger partial charge < -0.3 is 4.57 Å². The largest absolute Gasteiger partial charge is 0.311 e. The zero-order valence-corrected chi connectivity index (χ0v) is 19.8. The van der Waals surface area contributed by atoms with Crippen molar-refractivity contribution in [2.45, 2.75) is 23.8 Å². The summed E-state index contributed by atoms with van der Waals surface area (Å²) in [5.41, 5.74) is 2.03. The smallest absolute Gasteiger partial charge is 0.250 e. The Labute approximate surface area is 201 Å². The van der Waals surface area contributed by atoms with E-state index in [-0.39, 0.29) is 27.9 Å². The number of hydrogen-bond acceptors (Lipinski definition) is 5. The fraction of sp³-hybridized carbons (Fsp3) is 0.231. The molecule has 2 bridgehead atoms. The topological polar surface area (TPSA) is 83.2 Å². The monoisotopic (exact) mass is 487 g/mol. The number of sulfonamides is 1. The number of aromatic nitrogens is 1. The molecule has 0 amide bonds. The Morgan fingerprint density at radius 2 is 1.76 bits per heavy atom. The van der Waals surface area contributed by atoms with Crippen molar-refractivity contribution in [2.24, 2.45) is 5.92 Å². The summed E-state index contributed by atoms with van der Waals surface area (Å²) in [5, 5.41) is 10.6. The fourth-order valence-electron chi connectivity index (χ4n) is 5.41. The SMILES string of the molecule is N#Cc1ccccc1S(=O)(=O)N1C[C@@H]2C[C@H](C1)c1c(-c3cc4ccccc4s3)ccc(=O)n1C2. The summed E-state index contributed by atoms with van der Waals surface area (Å²) in [6, 6.07) is 22.2. The molecule has 0 radical (unpaired) electrons. The number of nitrogens with zero attached hydrogens (tertiary/aromatic N) is 3. The molecule has 170 valence electrons. The highest BCUT2D eigenvalue weighted by atomic mass is 32.2. The maximum atomic E-state index is 13.6. The molecule has 34 heavy (non-hydrogen) atoms. The summed E-state index contributed by atoms with van der Waals surface area (Å²) in [6.45, 7) is 1.13. The lowest BCUT2D eigenvalue weighted by molar-refractivity contribution is 0.187. The standard InChI is InChI=1S/C26H21N3O3S2/c27-13-19-6-2-4-8-24(19)34(31,32)28-14-17-11-20(16-28)26-21(9-10-25(30)29(26)15-17)23-12-18-5-1-3-7-22(18)33-23/h1-10,12,17,20H,11,14-16H2/t17-,20+/m0/s1. The molecule has 2 aromatic heterocycles. The molecule has 2 aliphatic heterocycles. The zero-order chi connectivity index (χ0) is 23.4. The van der Waals surface area contributed by atoms with Crippen LogP contribution >= 0.6 is 11.3 Å². The van der Waals surface area contributed by atoms with Gasteiger partial charge in [0.15, 0.2) is 0 Å². The maximum absolute atomic E-state index is 13.6. The van der Waals surface area contributed by atoms with E-state index >= 15 is 0 Å². The van der Waals surface area contributed by atoms with E-state index in [4.69, 9.17) is 0 Å². The van der Waals surface area contributed by atoms with Crippen LogP contribution in [0.3, 0.4) is 0 Å². The summed E-state index contributed by atoms with van der Waals surface area (Å²) in [5.74, 6) is -0.0451. The van der Waals surface area contributed by atoms with Crippen molar-refractivity contribution in [1.82, 2.24) is 8.87 Å². The van der Waals surface area contributed by atoms with Crippen LogP contribution in [0.4, 0.5) is 0 Å². The third-order valence-corrected chi connectivity index (χ3v) is 9.91. The van der Waals surface area contributed by atoms with Crippen LogP contribution in [0, 0.1) is 17.2 Å². The summed E-state index contributed by atoms with van der Waals surface area (Å²) in [4.78, 5) is 14.0. The Morgan fingerprint density at radius 1 is 0.971 bits per heavy atom. The first-order chi connectivity index (χ1) is 16.5. The van der Waals surface area contributed by atoms with E-state index < -0.39 is 10.0 Å². The van der Waals surface area contributed by atoms with Crippen molar-refractivity contribution >= 4 is 31.4 Å². The van der Waals surface area contributed by atoms with Gasteiger partial charge in [-0.05, 0) is 48.1 Å². The van der Waals surface area contributed by atoms with E-state index in [1.165, 1.54) is 21.1 Å². The van der Waals surface area contributed by atoms with Gasteiger partial charge in [0.25, 0.3) is 5.56 Å². The molecule has 6 rings (SSSR count). The van der Waals surface area contributed by atoms with E-state index in [0.29, 0.717) is 19.6 Å². The molecule has 2 aromatic carbocycles. The lowest BCUT2D eigenvalue weighted by Crippen LogP contribution is -2.49. The number of fused-ring (bicyclic) bond motifs is 5. The molecule has 0 saturated carbocycles. The van der Waals surface area contributed by atoms with Crippen molar-refractivity contribution in [3.63, 3.8) is 0 Å². The second-order valence-corrected chi connectivity index (χ2v) is 11.9. The van der Waals surface area contributed by atoms with Crippen LogP contribution in [-0.4, -0.2) is 30.4 Å². The van der Waals surface area contributed by atoms with E-state index in [9.17, 15) is 18.5 Å². The minimum Gasteiger partial charge on any atom is -0.311 e. The number of nitriles is 1. The van der Waals surface area contributed by atoms with Gasteiger partial charge >= 0.3 is 0 Å². The van der Waals surface area contributed by atoms with Gasteiger partial charge in [-0.3, -0.25) is 4.79 Å². The number of thiophene rings is 1. The fourth-order valence-corrected chi connectivity index (χ4v) is 8.21. The van der Waals surface area contributed by atoms with Gasteiger partial charge in [-0.25, -0.2) is 8.42 Å². The average molecular weight is 488 g/mol. The summed E-state index contributed by atoms with van der Waals surface area (Å²) in [6.07, 6.45) is 0.841.